The normalized spacial score (nSPS) is 20.5. The highest BCUT2D eigenvalue weighted by Crippen LogP contribution is 2.39. The van der Waals surface area contributed by atoms with Gasteiger partial charge in [0.1, 0.15) is 5.75 Å². The van der Waals surface area contributed by atoms with Gasteiger partial charge in [0.25, 0.3) is 0 Å². The average molecular weight is 207 g/mol. The third-order valence-electron chi connectivity index (χ3n) is 3.26. The van der Waals surface area contributed by atoms with Gasteiger partial charge < -0.3 is 15.6 Å². The number of aliphatic hydroxyl groups is 1. The zero-order valence-corrected chi connectivity index (χ0v) is 8.94. The van der Waals surface area contributed by atoms with Gasteiger partial charge in [0.2, 0.25) is 0 Å². The van der Waals surface area contributed by atoms with E-state index in [2.05, 4.69) is 0 Å². The van der Waals surface area contributed by atoms with E-state index in [0.717, 1.165) is 30.6 Å². The predicted molar refractivity (Wildman–Crippen MR) is 58.7 cm³/mol. The molecule has 82 valence electrons. The molecule has 3 heteroatoms. The molecule has 1 saturated carbocycles. The molecule has 0 spiro atoms. The summed E-state index contributed by atoms with van der Waals surface area (Å²) in [6.07, 6.45) is 2.36. The summed E-state index contributed by atoms with van der Waals surface area (Å²) >= 11 is 0. The largest absolute Gasteiger partial charge is 0.497 e. The number of benzene rings is 1. The molecule has 1 aliphatic rings. The van der Waals surface area contributed by atoms with Gasteiger partial charge in [-0.3, -0.25) is 0 Å². The molecule has 0 amide bonds. The second-order valence-corrected chi connectivity index (χ2v) is 4.26. The second kappa shape index (κ2) is 3.83. The number of methoxy groups -OCH3 is 1. The summed E-state index contributed by atoms with van der Waals surface area (Å²) in [6, 6.07) is 7.44. The quantitative estimate of drug-likeness (QED) is 0.791. The summed E-state index contributed by atoms with van der Waals surface area (Å²) in [6.45, 7) is 0. The Morgan fingerprint density at radius 1 is 1.33 bits per heavy atom. The number of ether oxygens (including phenoxy) is 1. The summed E-state index contributed by atoms with van der Waals surface area (Å²) in [5.41, 5.74) is 6.53. The van der Waals surface area contributed by atoms with Crippen molar-refractivity contribution in [3.8, 4) is 5.75 Å². The zero-order valence-electron chi connectivity index (χ0n) is 8.94. The van der Waals surface area contributed by atoms with E-state index in [1.54, 1.807) is 7.11 Å². The number of hydrogen-bond donors (Lipinski definition) is 2. The van der Waals surface area contributed by atoms with Gasteiger partial charge in [-0.15, -0.1) is 0 Å². The van der Waals surface area contributed by atoms with E-state index in [-0.39, 0.29) is 0 Å². The van der Waals surface area contributed by atoms with Crippen LogP contribution < -0.4 is 10.5 Å². The second-order valence-electron chi connectivity index (χ2n) is 4.26. The van der Waals surface area contributed by atoms with Crippen LogP contribution in [0, 0.1) is 0 Å². The fourth-order valence-electron chi connectivity index (χ4n) is 1.98. The molecule has 1 aliphatic carbocycles. The molecule has 0 bridgehead atoms. The molecule has 3 N–H and O–H groups in total. The van der Waals surface area contributed by atoms with Crippen molar-refractivity contribution in [2.24, 2.45) is 5.73 Å². The summed E-state index contributed by atoms with van der Waals surface area (Å²) in [4.78, 5) is 0. The number of nitrogens with two attached hydrogens (primary N) is 1. The van der Waals surface area contributed by atoms with Crippen LogP contribution in [0.4, 0.5) is 0 Å². The van der Waals surface area contributed by atoms with Crippen LogP contribution in [0.2, 0.25) is 0 Å². The smallest absolute Gasteiger partial charge is 0.118 e. The Hall–Kier alpha value is -1.06. The highest BCUT2D eigenvalue weighted by Gasteiger charge is 2.40. The Morgan fingerprint density at radius 3 is 2.33 bits per heavy atom. The van der Waals surface area contributed by atoms with Crippen molar-refractivity contribution in [3.05, 3.63) is 29.8 Å². The van der Waals surface area contributed by atoms with Crippen LogP contribution in [0.25, 0.3) is 0 Å². The lowest BCUT2D eigenvalue weighted by molar-refractivity contribution is 0.0337. The maximum atomic E-state index is 10.1. The Morgan fingerprint density at radius 2 is 1.93 bits per heavy atom. The minimum absolute atomic E-state index is 0.408. The lowest BCUT2D eigenvalue weighted by Gasteiger charge is -2.42. The molecule has 0 radical (unpaired) electrons. The van der Waals surface area contributed by atoms with E-state index in [9.17, 15) is 5.11 Å². The molecule has 1 fully saturated rings. The van der Waals surface area contributed by atoms with E-state index in [1.165, 1.54) is 0 Å². The van der Waals surface area contributed by atoms with Crippen LogP contribution in [0.1, 0.15) is 30.9 Å². The van der Waals surface area contributed by atoms with Crippen LogP contribution in [-0.2, 0) is 0 Å². The number of rotatable bonds is 3. The van der Waals surface area contributed by atoms with Gasteiger partial charge in [-0.05, 0) is 37.0 Å². The molecule has 2 rings (SSSR count). The van der Waals surface area contributed by atoms with E-state index in [0.29, 0.717) is 0 Å². The zero-order chi connectivity index (χ0) is 10.9. The Labute approximate surface area is 89.9 Å². The SMILES string of the molecule is COc1ccc(C(O)C2(N)CCC2)cc1. The Balaban J connectivity index is 2.14. The van der Waals surface area contributed by atoms with Crippen molar-refractivity contribution in [1.29, 1.82) is 0 Å². The maximum absolute atomic E-state index is 10.1. The van der Waals surface area contributed by atoms with E-state index in [1.807, 2.05) is 24.3 Å². The molecule has 1 aromatic carbocycles. The van der Waals surface area contributed by atoms with Crippen molar-refractivity contribution in [3.63, 3.8) is 0 Å². The van der Waals surface area contributed by atoms with Gasteiger partial charge in [0, 0.05) is 5.54 Å². The Bertz CT molecular complexity index is 330. The van der Waals surface area contributed by atoms with Crippen molar-refractivity contribution >= 4 is 0 Å². The standard InChI is InChI=1S/C12H17NO2/c1-15-10-5-3-9(4-6-10)11(14)12(13)7-2-8-12/h3-6,11,14H,2,7-8,13H2,1H3. The third-order valence-corrected chi connectivity index (χ3v) is 3.26. The van der Waals surface area contributed by atoms with Gasteiger partial charge in [-0.2, -0.15) is 0 Å². The van der Waals surface area contributed by atoms with Gasteiger partial charge >= 0.3 is 0 Å². The molecular formula is C12H17NO2. The van der Waals surface area contributed by atoms with Crippen molar-refractivity contribution in [1.82, 2.24) is 0 Å². The first kappa shape index (κ1) is 10.5. The lowest BCUT2D eigenvalue weighted by Crippen LogP contribution is -2.51. The first-order chi connectivity index (χ1) is 7.15. The van der Waals surface area contributed by atoms with Crippen LogP contribution >= 0.6 is 0 Å². The van der Waals surface area contributed by atoms with E-state index in [4.69, 9.17) is 10.5 Å². The molecule has 0 aromatic heterocycles. The average Bonchev–Trinajstić information content (AvgIpc) is 2.25. The lowest BCUT2D eigenvalue weighted by atomic mass is 9.72. The highest BCUT2D eigenvalue weighted by molar-refractivity contribution is 5.30. The molecule has 1 unspecified atom stereocenters. The molecule has 1 aromatic rings. The predicted octanol–water partition coefficient (Wildman–Crippen LogP) is 1.61. The number of hydrogen-bond acceptors (Lipinski definition) is 3. The monoisotopic (exact) mass is 207 g/mol. The molecule has 15 heavy (non-hydrogen) atoms. The van der Waals surface area contributed by atoms with E-state index >= 15 is 0 Å². The van der Waals surface area contributed by atoms with Crippen LogP contribution in [0.3, 0.4) is 0 Å². The molecule has 3 nitrogen and oxygen atoms in total. The highest BCUT2D eigenvalue weighted by atomic mass is 16.5. The fraction of sp³-hybridized carbons (Fsp3) is 0.500. The summed E-state index contributed by atoms with van der Waals surface area (Å²) in [5, 5.41) is 10.1. The van der Waals surface area contributed by atoms with Crippen molar-refractivity contribution in [2.75, 3.05) is 7.11 Å². The van der Waals surface area contributed by atoms with Gasteiger partial charge in [0.05, 0.1) is 13.2 Å². The van der Waals surface area contributed by atoms with Crippen LogP contribution in [0.5, 0.6) is 5.75 Å². The third kappa shape index (κ3) is 1.85. The first-order valence-electron chi connectivity index (χ1n) is 5.27. The van der Waals surface area contributed by atoms with Crippen molar-refractivity contribution in [2.45, 2.75) is 30.9 Å². The van der Waals surface area contributed by atoms with Gasteiger partial charge in [0.15, 0.2) is 0 Å². The topological polar surface area (TPSA) is 55.5 Å². The number of aliphatic hydroxyl groups excluding tert-OH is 1. The van der Waals surface area contributed by atoms with Crippen LogP contribution in [-0.4, -0.2) is 17.8 Å². The van der Waals surface area contributed by atoms with E-state index < -0.39 is 11.6 Å². The minimum Gasteiger partial charge on any atom is -0.497 e. The maximum Gasteiger partial charge on any atom is 0.118 e. The van der Waals surface area contributed by atoms with Crippen LogP contribution in [0.15, 0.2) is 24.3 Å². The molecule has 0 aliphatic heterocycles. The summed E-state index contributed by atoms with van der Waals surface area (Å²) in [5.74, 6) is 0.797. The Kier molecular flexibility index (Phi) is 2.67. The molecule has 0 saturated heterocycles. The van der Waals surface area contributed by atoms with Gasteiger partial charge in [-0.25, -0.2) is 0 Å². The first-order valence-corrected chi connectivity index (χ1v) is 5.27. The fourth-order valence-corrected chi connectivity index (χ4v) is 1.98. The molecule has 1 atom stereocenters. The minimum atomic E-state index is -0.558. The van der Waals surface area contributed by atoms with Crippen molar-refractivity contribution < 1.29 is 9.84 Å². The summed E-state index contributed by atoms with van der Waals surface area (Å²) < 4.78 is 5.06. The molecular weight excluding hydrogens is 190 g/mol. The summed E-state index contributed by atoms with van der Waals surface area (Å²) in [7, 11) is 1.63. The molecule has 0 heterocycles. The van der Waals surface area contributed by atoms with Gasteiger partial charge in [-0.1, -0.05) is 12.1 Å².